The van der Waals surface area contributed by atoms with Gasteiger partial charge in [0.15, 0.2) is 11.2 Å². The van der Waals surface area contributed by atoms with Gasteiger partial charge in [-0.05, 0) is 49.3 Å². The Morgan fingerprint density at radius 2 is 1.81 bits per heavy atom. The molecule has 0 radical (unpaired) electrons. The summed E-state index contributed by atoms with van der Waals surface area (Å²) in [6, 6.07) is 5.94. The van der Waals surface area contributed by atoms with Crippen LogP contribution in [0.1, 0.15) is 51.0 Å². The van der Waals surface area contributed by atoms with Crippen LogP contribution in [0.2, 0.25) is 0 Å². The molecule has 0 N–H and O–H groups in total. The van der Waals surface area contributed by atoms with Gasteiger partial charge in [0.2, 0.25) is 5.91 Å². The maximum absolute atomic E-state index is 13.3. The quantitative estimate of drug-likeness (QED) is 0.531. The normalized spacial score (nSPS) is 29.3. The fourth-order valence-electron chi connectivity index (χ4n) is 5.64. The Balaban J connectivity index is 1.61. The first-order valence-corrected chi connectivity index (χ1v) is 11.2. The van der Waals surface area contributed by atoms with Crippen molar-refractivity contribution in [2.75, 3.05) is 20.2 Å². The summed E-state index contributed by atoms with van der Waals surface area (Å²) in [6.45, 7) is 4.02. The number of benzene rings is 1. The molecule has 1 amide bonds. The minimum absolute atomic E-state index is 0.0336. The maximum atomic E-state index is 13.3. The van der Waals surface area contributed by atoms with E-state index < -0.39 is 11.4 Å². The summed E-state index contributed by atoms with van der Waals surface area (Å²) in [4.78, 5) is 43.6. The van der Waals surface area contributed by atoms with Crippen LogP contribution < -0.4 is 0 Å². The third-order valence-corrected chi connectivity index (χ3v) is 7.52. The predicted molar refractivity (Wildman–Crippen MR) is 112 cm³/mol. The molecule has 0 spiro atoms. The van der Waals surface area contributed by atoms with E-state index in [1.54, 1.807) is 17.0 Å². The molecule has 3 heterocycles. The van der Waals surface area contributed by atoms with Gasteiger partial charge in [-0.15, -0.1) is 0 Å². The molecule has 3 aliphatic rings. The number of hydrogen-bond acceptors (Lipinski definition) is 5. The van der Waals surface area contributed by atoms with Crippen molar-refractivity contribution in [2.24, 2.45) is 11.3 Å². The van der Waals surface area contributed by atoms with E-state index in [9.17, 15) is 18.8 Å². The molecular weight excluding hydrogens is 399 g/mol. The molecule has 1 aromatic carbocycles. The lowest BCUT2D eigenvalue weighted by Gasteiger charge is -2.46. The van der Waals surface area contributed by atoms with Crippen molar-refractivity contribution < 1.29 is 23.5 Å². The van der Waals surface area contributed by atoms with Gasteiger partial charge in [-0.1, -0.05) is 19.1 Å². The number of carbonyl (C=O) groups is 3. The van der Waals surface area contributed by atoms with Crippen LogP contribution in [-0.2, 0) is 25.7 Å². The third-order valence-electron chi connectivity index (χ3n) is 7.52. The number of carbonyl (C=O) groups excluding carboxylic acids is 3. The molecule has 6 nitrogen and oxygen atoms in total. The molecule has 3 atom stereocenters. The van der Waals surface area contributed by atoms with E-state index in [2.05, 4.69) is 11.8 Å². The van der Waals surface area contributed by atoms with E-state index in [0.29, 0.717) is 32.0 Å². The summed E-state index contributed by atoms with van der Waals surface area (Å²) in [5, 5.41) is 0. The van der Waals surface area contributed by atoms with E-state index in [0.717, 1.165) is 24.8 Å². The minimum atomic E-state index is -1.47. The van der Waals surface area contributed by atoms with Crippen LogP contribution in [0.5, 0.6) is 0 Å². The molecular formula is C24H31FN2O4. The van der Waals surface area contributed by atoms with E-state index >= 15 is 0 Å². The van der Waals surface area contributed by atoms with Crippen molar-refractivity contribution in [1.82, 2.24) is 9.80 Å². The Labute approximate surface area is 182 Å². The number of hydrogen-bond donors (Lipinski definition) is 0. The zero-order valence-electron chi connectivity index (χ0n) is 18.3. The second kappa shape index (κ2) is 8.69. The van der Waals surface area contributed by atoms with Gasteiger partial charge in [-0.2, -0.15) is 0 Å². The Bertz CT molecular complexity index is 850. The fraction of sp³-hybridized carbons (Fsp3) is 0.625. The van der Waals surface area contributed by atoms with Gasteiger partial charge in [-0.25, -0.2) is 4.39 Å². The zero-order chi connectivity index (χ0) is 22.2. The monoisotopic (exact) mass is 430 g/mol. The van der Waals surface area contributed by atoms with Crippen molar-refractivity contribution in [3.63, 3.8) is 0 Å². The summed E-state index contributed by atoms with van der Waals surface area (Å²) in [5.74, 6) is -0.646. The highest BCUT2D eigenvalue weighted by Crippen LogP contribution is 2.48. The first kappa shape index (κ1) is 21.9. The Morgan fingerprint density at radius 3 is 2.45 bits per heavy atom. The number of piperidine rings is 2. The third kappa shape index (κ3) is 4.00. The van der Waals surface area contributed by atoms with E-state index in [1.807, 2.05) is 0 Å². The lowest BCUT2D eigenvalue weighted by atomic mass is 9.69. The summed E-state index contributed by atoms with van der Waals surface area (Å²) < 4.78 is 18.5. The molecule has 31 heavy (non-hydrogen) atoms. The second-order valence-electron chi connectivity index (χ2n) is 9.38. The number of esters is 1. The number of likely N-dealkylation sites (tertiary alicyclic amines) is 1. The van der Waals surface area contributed by atoms with Crippen LogP contribution in [0.25, 0.3) is 0 Å². The van der Waals surface area contributed by atoms with E-state index in [4.69, 9.17) is 4.74 Å². The molecule has 7 heteroatoms. The number of ether oxygens (including phenoxy) is 1. The lowest BCUT2D eigenvalue weighted by molar-refractivity contribution is -0.171. The summed E-state index contributed by atoms with van der Waals surface area (Å²) >= 11 is 0. The van der Waals surface area contributed by atoms with Crippen molar-refractivity contribution in [1.29, 1.82) is 0 Å². The summed E-state index contributed by atoms with van der Waals surface area (Å²) in [7, 11) is 1.29. The standard InChI is InChI=1S/C24H31FN2O4/c1-16-9-11-26(12-10-16)22(29)14-24(23(30)31-2)20-8-7-19(13-21(24)28)27(20)15-17-3-5-18(25)6-4-17/h3-6,16,19-20H,7-15H2,1-2H3/t19-,20+,24+/m1/s1. The highest BCUT2D eigenvalue weighted by atomic mass is 19.1. The average molecular weight is 431 g/mol. The van der Waals surface area contributed by atoms with Crippen LogP contribution in [0, 0.1) is 17.2 Å². The smallest absolute Gasteiger partial charge is 0.321 e. The Hall–Kier alpha value is -2.28. The molecule has 1 aromatic rings. The van der Waals surface area contributed by atoms with Crippen molar-refractivity contribution in [3.05, 3.63) is 35.6 Å². The minimum Gasteiger partial charge on any atom is -0.468 e. The topological polar surface area (TPSA) is 66.9 Å². The highest BCUT2D eigenvalue weighted by molar-refractivity contribution is 6.08. The molecule has 0 aliphatic carbocycles. The molecule has 4 rings (SSSR count). The molecule has 0 unspecified atom stereocenters. The van der Waals surface area contributed by atoms with Crippen LogP contribution in [0.3, 0.4) is 0 Å². The largest absolute Gasteiger partial charge is 0.468 e. The number of fused-ring (bicyclic) bond motifs is 2. The number of halogens is 1. The lowest BCUT2D eigenvalue weighted by Crippen LogP contribution is -2.61. The van der Waals surface area contributed by atoms with Gasteiger partial charge in [0, 0.05) is 38.1 Å². The van der Waals surface area contributed by atoms with Crippen molar-refractivity contribution >= 4 is 17.7 Å². The zero-order valence-corrected chi connectivity index (χ0v) is 18.3. The SMILES string of the molecule is COC(=O)[C@]1(CC(=O)N2CCC(C)CC2)C(=O)C[C@H]2CC[C@@H]1N2Cc1ccc(F)cc1. The number of nitrogens with zero attached hydrogens (tertiary/aromatic N) is 2. The highest BCUT2D eigenvalue weighted by Gasteiger charge is 2.62. The number of ketones is 1. The Morgan fingerprint density at radius 1 is 1.13 bits per heavy atom. The van der Waals surface area contributed by atoms with Crippen LogP contribution in [0.4, 0.5) is 4.39 Å². The average Bonchev–Trinajstić information content (AvgIpc) is 3.08. The van der Waals surface area contributed by atoms with Gasteiger partial charge in [0.1, 0.15) is 5.82 Å². The van der Waals surface area contributed by atoms with Crippen molar-refractivity contribution in [3.8, 4) is 0 Å². The number of rotatable bonds is 5. The first-order valence-electron chi connectivity index (χ1n) is 11.2. The second-order valence-corrected chi connectivity index (χ2v) is 9.38. The molecule has 3 aliphatic heterocycles. The van der Waals surface area contributed by atoms with Crippen molar-refractivity contribution in [2.45, 2.75) is 64.1 Å². The van der Waals surface area contributed by atoms with Crippen LogP contribution >= 0.6 is 0 Å². The molecule has 0 aromatic heterocycles. The van der Waals surface area contributed by atoms with Gasteiger partial charge >= 0.3 is 5.97 Å². The number of amides is 1. The number of methoxy groups -OCH3 is 1. The fourth-order valence-corrected chi connectivity index (χ4v) is 5.64. The predicted octanol–water partition coefficient (Wildman–Crippen LogP) is 2.94. The number of Topliss-reactive ketones (excluding diaryl/α,β-unsaturated/α-hetero) is 1. The summed E-state index contributed by atoms with van der Waals surface area (Å²) in [5.41, 5.74) is -0.551. The van der Waals surface area contributed by atoms with E-state index in [-0.39, 0.29) is 42.4 Å². The van der Waals surface area contributed by atoms with Gasteiger partial charge in [0.25, 0.3) is 0 Å². The van der Waals surface area contributed by atoms with E-state index in [1.165, 1.54) is 19.2 Å². The van der Waals surface area contributed by atoms with Gasteiger partial charge in [0.05, 0.1) is 13.5 Å². The van der Waals surface area contributed by atoms with Gasteiger partial charge in [-0.3, -0.25) is 19.3 Å². The molecule has 3 fully saturated rings. The van der Waals surface area contributed by atoms with Gasteiger partial charge < -0.3 is 9.64 Å². The first-order chi connectivity index (χ1) is 14.8. The molecule has 168 valence electrons. The molecule has 3 saturated heterocycles. The van der Waals surface area contributed by atoms with Crippen LogP contribution in [-0.4, -0.2) is 59.7 Å². The summed E-state index contributed by atoms with van der Waals surface area (Å²) in [6.07, 6.45) is 3.43. The van der Waals surface area contributed by atoms with Crippen LogP contribution in [0.15, 0.2) is 24.3 Å². The molecule has 2 bridgehead atoms. The maximum Gasteiger partial charge on any atom is 0.321 e. The Kier molecular flexibility index (Phi) is 6.15. The molecule has 0 saturated carbocycles.